The van der Waals surface area contributed by atoms with E-state index in [2.05, 4.69) is 4.72 Å². The minimum atomic E-state index is -3.79. The predicted octanol–water partition coefficient (Wildman–Crippen LogP) is -0.828. The molecular weight excluding hydrogens is 260 g/mol. The first kappa shape index (κ1) is 14.4. The van der Waals surface area contributed by atoms with E-state index in [9.17, 15) is 18.3 Å². The number of phenols is 1. The van der Waals surface area contributed by atoms with Crippen LogP contribution in [0.15, 0.2) is 29.2 Å². The lowest BCUT2D eigenvalue weighted by atomic mass is 10.3. The number of hydrogen-bond acceptors (Lipinski definition) is 5. The largest absolute Gasteiger partial charge is 0.507 e. The fourth-order valence-electron chi connectivity index (χ4n) is 1.18. The summed E-state index contributed by atoms with van der Waals surface area (Å²) >= 11 is 0. The van der Waals surface area contributed by atoms with E-state index < -0.39 is 15.9 Å². The predicted molar refractivity (Wildman–Crippen MR) is 63.3 cm³/mol. The number of carbonyl (C=O) groups excluding carboxylic acids is 1. The zero-order valence-corrected chi connectivity index (χ0v) is 10.3. The van der Waals surface area contributed by atoms with Crippen molar-refractivity contribution in [3.63, 3.8) is 0 Å². The number of hydrogen-bond donors (Lipinski definition) is 3. The van der Waals surface area contributed by atoms with Gasteiger partial charge in [-0.1, -0.05) is 12.1 Å². The number of ether oxygens (including phenoxy) is 1. The van der Waals surface area contributed by atoms with Crippen LogP contribution < -0.4 is 10.5 Å². The molecule has 0 aromatic heterocycles. The Balaban J connectivity index is 2.51. The fraction of sp³-hybridized carbons (Fsp3) is 0.300. The number of para-hydroxylation sites is 1. The van der Waals surface area contributed by atoms with Crippen LogP contribution in [0.2, 0.25) is 0 Å². The van der Waals surface area contributed by atoms with E-state index >= 15 is 0 Å². The molecule has 1 aromatic carbocycles. The molecule has 1 aromatic rings. The van der Waals surface area contributed by atoms with Crippen molar-refractivity contribution in [3.05, 3.63) is 24.3 Å². The van der Waals surface area contributed by atoms with Crippen LogP contribution in [-0.2, 0) is 19.6 Å². The Bertz CT molecular complexity index is 515. The number of carbonyl (C=O) groups is 1. The lowest BCUT2D eigenvalue weighted by molar-refractivity contribution is -0.122. The number of primary amides is 1. The maximum absolute atomic E-state index is 11.7. The van der Waals surface area contributed by atoms with Gasteiger partial charge in [-0.3, -0.25) is 4.79 Å². The molecule has 0 bridgehead atoms. The molecule has 0 radical (unpaired) electrons. The van der Waals surface area contributed by atoms with Gasteiger partial charge in [0.1, 0.15) is 17.3 Å². The highest BCUT2D eigenvalue weighted by atomic mass is 32.2. The Kier molecular flexibility index (Phi) is 5.08. The number of rotatable bonds is 7. The van der Waals surface area contributed by atoms with Gasteiger partial charge in [-0.2, -0.15) is 0 Å². The summed E-state index contributed by atoms with van der Waals surface area (Å²) < 4.78 is 30.5. The number of aromatic hydroxyl groups is 1. The Morgan fingerprint density at radius 3 is 2.67 bits per heavy atom. The summed E-state index contributed by atoms with van der Waals surface area (Å²) in [5, 5.41) is 9.41. The van der Waals surface area contributed by atoms with Gasteiger partial charge in [0.25, 0.3) is 0 Å². The molecule has 0 saturated heterocycles. The number of phenolic OH excluding ortho intramolecular Hbond substituents is 1. The zero-order valence-electron chi connectivity index (χ0n) is 9.50. The van der Waals surface area contributed by atoms with Gasteiger partial charge < -0.3 is 15.6 Å². The molecule has 4 N–H and O–H groups in total. The highest BCUT2D eigenvalue weighted by Crippen LogP contribution is 2.20. The zero-order chi connectivity index (χ0) is 13.6. The summed E-state index contributed by atoms with van der Waals surface area (Å²) in [6.45, 7) is -0.280. The highest BCUT2D eigenvalue weighted by molar-refractivity contribution is 7.89. The second kappa shape index (κ2) is 6.34. The summed E-state index contributed by atoms with van der Waals surface area (Å²) in [5.41, 5.74) is 4.84. The molecule has 7 nitrogen and oxygen atoms in total. The quantitative estimate of drug-likeness (QED) is 0.561. The van der Waals surface area contributed by atoms with Crippen LogP contribution in [0.25, 0.3) is 0 Å². The first-order valence-corrected chi connectivity index (χ1v) is 6.55. The minimum Gasteiger partial charge on any atom is -0.507 e. The molecule has 0 aliphatic rings. The molecule has 18 heavy (non-hydrogen) atoms. The van der Waals surface area contributed by atoms with E-state index in [-0.39, 0.29) is 30.4 Å². The lowest BCUT2D eigenvalue weighted by Crippen LogP contribution is -2.29. The van der Waals surface area contributed by atoms with Crippen molar-refractivity contribution in [2.75, 3.05) is 19.8 Å². The average Bonchev–Trinajstić information content (AvgIpc) is 2.28. The standard InChI is InChI=1S/C10H14N2O5S/c11-10(14)7-17-6-5-12-18(15,16)9-4-2-1-3-8(9)13/h1-4,12-13H,5-7H2,(H2,11,14). The van der Waals surface area contributed by atoms with Gasteiger partial charge in [-0.25, -0.2) is 13.1 Å². The molecule has 0 spiro atoms. The monoisotopic (exact) mass is 274 g/mol. The third-order valence-electron chi connectivity index (χ3n) is 1.94. The van der Waals surface area contributed by atoms with Crippen molar-refractivity contribution in [1.82, 2.24) is 4.72 Å². The van der Waals surface area contributed by atoms with Crippen LogP contribution in [-0.4, -0.2) is 39.2 Å². The Hall–Kier alpha value is -1.64. The smallest absolute Gasteiger partial charge is 0.244 e. The molecule has 1 amide bonds. The molecular formula is C10H14N2O5S. The van der Waals surface area contributed by atoms with Crippen LogP contribution in [0.3, 0.4) is 0 Å². The molecule has 100 valence electrons. The lowest BCUT2D eigenvalue weighted by Gasteiger charge is -2.08. The van der Waals surface area contributed by atoms with Crippen LogP contribution in [0, 0.1) is 0 Å². The molecule has 0 saturated carbocycles. The van der Waals surface area contributed by atoms with E-state index in [0.717, 1.165) is 0 Å². The topological polar surface area (TPSA) is 119 Å². The van der Waals surface area contributed by atoms with E-state index in [1.807, 2.05) is 0 Å². The van der Waals surface area contributed by atoms with Crippen LogP contribution >= 0.6 is 0 Å². The van der Waals surface area contributed by atoms with Gasteiger partial charge in [0, 0.05) is 6.54 Å². The van der Waals surface area contributed by atoms with Crippen molar-refractivity contribution in [2.45, 2.75) is 4.90 Å². The van der Waals surface area contributed by atoms with Crippen LogP contribution in [0.5, 0.6) is 5.75 Å². The van der Waals surface area contributed by atoms with Gasteiger partial charge in [0.2, 0.25) is 15.9 Å². The molecule has 0 aliphatic heterocycles. The number of nitrogens with two attached hydrogens (primary N) is 1. The third kappa shape index (κ3) is 4.32. The fourth-order valence-corrected chi connectivity index (χ4v) is 2.29. The van der Waals surface area contributed by atoms with Gasteiger partial charge in [-0.15, -0.1) is 0 Å². The molecule has 0 unspecified atom stereocenters. The van der Waals surface area contributed by atoms with E-state index in [4.69, 9.17) is 10.5 Å². The number of benzene rings is 1. The highest BCUT2D eigenvalue weighted by Gasteiger charge is 2.16. The Morgan fingerprint density at radius 2 is 2.06 bits per heavy atom. The van der Waals surface area contributed by atoms with Gasteiger partial charge >= 0.3 is 0 Å². The molecule has 1 rings (SSSR count). The summed E-state index contributed by atoms with van der Waals surface area (Å²) in [4.78, 5) is 10.1. The summed E-state index contributed by atoms with van der Waals surface area (Å²) in [6.07, 6.45) is 0. The molecule has 8 heteroatoms. The minimum absolute atomic E-state index is 0.00969. The molecule has 0 heterocycles. The van der Waals surface area contributed by atoms with Crippen molar-refractivity contribution < 1.29 is 23.1 Å². The van der Waals surface area contributed by atoms with E-state index in [1.165, 1.54) is 24.3 Å². The van der Waals surface area contributed by atoms with Crippen molar-refractivity contribution >= 4 is 15.9 Å². The SMILES string of the molecule is NC(=O)COCCNS(=O)(=O)c1ccccc1O. The number of amides is 1. The van der Waals surface area contributed by atoms with Gasteiger partial charge in [-0.05, 0) is 12.1 Å². The van der Waals surface area contributed by atoms with Gasteiger partial charge in [0.05, 0.1) is 6.61 Å². The van der Waals surface area contributed by atoms with Crippen LogP contribution in [0.4, 0.5) is 0 Å². The van der Waals surface area contributed by atoms with Crippen LogP contribution in [0.1, 0.15) is 0 Å². The van der Waals surface area contributed by atoms with E-state index in [1.54, 1.807) is 0 Å². The average molecular weight is 274 g/mol. The maximum atomic E-state index is 11.7. The third-order valence-corrected chi connectivity index (χ3v) is 3.45. The normalized spacial score (nSPS) is 11.3. The maximum Gasteiger partial charge on any atom is 0.244 e. The number of sulfonamides is 1. The van der Waals surface area contributed by atoms with E-state index in [0.29, 0.717) is 0 Å². The van der Waals surface area contributed by atoms with Crippen molar-refractivity contribution in [3.8, 4) is 5.75 Å². The molecule has 0 fully saturated rings. The molecule has 0 aliphatic carbocycles. The van der Waals surface area contributed by atoms with Crippen molar-refractivity contribution in [1.29, 1.82) is 0 Å². The summed E-state index contributed by atoms with van der Waals surface area (Å²) in [6, 6.07) is 5.57. The number of nitrogens with one attached hydrogen (secondary N) is 1. The summed E-state index contributed by atoms with van der Waals surface area (Å²) in [7, 11) is -3.79. The Morgan fingerprint density at radius 1 is 1.39 bits per heavy atom. The first-order valence-electron chi connectivity index (χ1n) is 5.07. The summed E-state index contributed by atoms with van der Waals surface area (Å²) in [5.74, 6) is -0.957. The first-order chi connectivity index (χ1) is 8.43. The second-order valence-corrected chi connectivity index (χ2v) is 5.12. The Labute approximate surface area is 105 Å². The van der Waals surface area contributed by atoms with Crippen molar-refractivity contribution in [2.24, 2.45) is 5.73 Å². The molecule has 0 atom stereocenters. The van der Waals surface area contributed by atoms with Gasteiger partial charge in [0.15, 0.2) is 0 Å². The second-order valence-electron chi connectivity index (χ2n) is 3.38.